The minimum absolute atomic E-state index is 0.0651. The number of unbranched alkanes of at least 4 members (excludes halogenated alkanes) is 2. The van der Waals surface area contributed by atoms with Gasteiger partial charge in [-0.3, -0.25) is 14.9 Å². The fourth-order valence-corrected chi connectivity index (χ4v) is 3.57. The lowest BCUT2D eigenvalue weighted by Crippen LogP contribution is -2.24. The molecule has 2 amide bonds. The molecule has 2 heterocycles. The summed E-state index contributed by atoms with van der Waals surface area (Å²) in [4.78, 5) is 30.2. The fraction of sp³-hybridized carbons (Fsp3) is 0.368. The predicted octanol–water partition coefficient (Wildman–Crippen LogP) is 3.34. The SMILES string of the molecule is Cc1sc2nc(NC(=O)CCCCCNC(=O)c3ccccc3)nn2c1C. The first-order valence-corrected chi connectivity index (χ1v) is 9.82. The first-order valence-electron chi connectivity index (χ1n) is 9.00. The molecule has 0 radical (unpaired) electrons. The Bertz CT molecular complexity index is 932. The van der Waals surface area contributed by atoms with Gasteiger partial charge < -0.3 is 5.32 Å². The molecule has 0 bridgehead atoms. The molecule has 0 saturated carbocycles. The Kier molecular flexibility index (Phi) is 6.18. The summed E-state index contributed by atoms with van der Waals surface area (Å²) in [6, 6.07) is 9.14. The predicted molar refractivity (Wildman–Crippen MR) is 106 cm³/mol. The Hall–Kier alpha value is -2.74. The fourth-order valence-electron chi connectivity index (χ4n) is 2.66. The number of nitrogens with one attached hydrogen (secondary N) is 2. The number of hydrogen-bond acceptors (Lipinski definition) is 5. The highest BCUT2D eigenvalue weighted by Crippen LogP contribution is 2.21. The summed E-state index contributed by atoms with van der Waals surface area (Å²) in [5.74, 6) is 0.199. The first-order chi connectivity index (χ1) is 13.0. The Balaban J connectivity index is 1.33. The Morgan fingerprint density at radius 1 is 1.11 bits per heavy atom. The third-order valence-electron chi connectivity index (χ3n) is 4.30. The van der Waals surface area contributed by atoms with Crippen LogP contribution in [-0.4, -0.2) is 33.0 Å². The van der Waals surface area contributed by atoms with Crippen LogP contribution in [0.25, 0.3) is 4.96 Å². The van der Waals surface area contributed by atoms with Crippen molar-refractivity contribution < 1.29 is 9.59 Å². The molecule has 2 aromatic heterocycles. The van der Waals surface area contributed by atoms with Gasteiger partial charge in [0.15, 0.2) is 0 Å². The number of aryl methyl sites for hydroxylation is 2. The maximum atomic E-state index is 12.0. The molecule has 0 saturated heterocycles. The monoisotopic (exact) mass is 385 g/mol. The van der Waals surface area contributed by atoms with E-state index in [2.05, 4.69) is 20.7 Å². The van der Waals surface area contributed by atoms with Gasteiger partial charge in [0.1, 0.15) is 0 Å². The molecule has 0 fully saturated rings. The first kappa shape index (κ1) is 19.0. The Morgan fingerprint density at radius 3 is 2.63 bits per heavy atom. The Labute approximate surface area is 161 Å². The van der Waals surface area contributed by atoms with E-state index in [1.54, 1.807) is 28.0 Å². The maximum Gasteiger partial charge on any atom is 0.251 e. The molecule has 27 heavy (non-hydrogen) atoms. The average molecular weight is 385 g/mol. The lowest BCUT2D eigenvalue weighted by Gasteiger charge is -2.05. The lowest BCUT2D eigenvalue weighted by molar-refractivity contribution is -0.116. The van der Waals surface area contributed by atoms with E-state index in [4.69, 9.17) is 0 Å². The van der Waals surface area contributed by atoms with Gasteiger partial charge in [-0.2, -0.15) is 4.98 Å². The molecule has 142 valence electrons. The van der Waals surface area contributed by atoms with Crippen molar-refractivity contribution in [3.63, 3.8) is 0 Å². The number of nitrogens with zero attached hydrogens (tertiary/aromatic N) is 3. The van der Waals surface area contributed by atoms with Crippen molar-refractivity contribution in [2.45, 2.75) is 39.5 Å². The number of carbonyl (C=O) groups is 2. The summed E-state index contributed by atoms with van der Waals surface area (Å²) in [5.41, 5.74) is 1.70. The zero-order valence-corrected chi connectivity index (χ0v) is 16.3. The van der Waals surface area contributed by atoms with Gasteiger partial charge in [0.2, 0.25) is 16.8 Å². The smallest absolute Gasteiger partial charge is 0.251 e. The van der Waals surface area contributed by atoms with Crippen LogP contribution in [0.2, 0.25) is 0 Å². The molecule has 0 aliphatic carbocycles. The summed E-state index contributed by atoms with van der Waals surface area (Å²) in [7, 11) is 0. The van der Waals surface area contributed by atoms with E-state index in [0.29, 0.717) is 24.5 Å². The van der Waals surface area contributed by atoms with Crippen LogP contribution < -0.4 is 10.6 Å². The number of benzene rings is 1. The van der Waals surface area contributed by atoms with Gasteiger partial charge in [-0.05, 0) is 38.8 Å². The lowest BCUT2D eigenvalue weighted by atomic mass is 10.1. The Morgan fingerprint density at radius 2 is 1.89 bits per heavy atom. The third-order valence-corrected chi connectivity index (χ3v) is 5.35. The van der Waals surface area contributed by atoms with E-state index in [0.717, 1.165) is 29.9 Å². The summed E-state index contributed by atoms with van der Waals surface area (Å²) in [6.07, 6.45) is 2.88. The zero-order chi connectivity index (χ0) is 19.2. The van der Waals surface area contributed by atoms with E-state index in [1.807, 2.05) is 32.0 Å². The van der Waals surface area contributed by atoms with Crippen LogP contribution in [0.1, 0.15) is 46.6 Å². The van der Waals surface area contributed by atoms with E-state index in [9.17, 15) is 9.59 Å². The van der Waals surface area contributed by atoms with E-state index >= 15 is 0 Å². The van der Waals surface area contributed by atoms with Gasteiger partial charge in [0.05, 0.1) is 5.69 Å². The third kappa shape index (κ3) is 4.91. The topological polar surface area (TPSA) is 88.4 Å². The second-order valence-corrected chi connectivity index (χ2v) is 7.54. The minimum atomic E-state index is -0.0871. The van der Waals surface area contributed by atoms with Crippen molar-refractivity contribution in [3.05, 3.63) is 46.5 Å². The number of hydrogen-bond donors (Lipinski definition) is 2. The van der Waals surface area contributed by atoms with Gasteiger partial charge in [0, 0.05) is 23.4 Å². The van der Waals surface area contributed by atoms with Crippen LogP contribution in [0, 0.1) is 13.8 Å². The van der Waals surface area contributed by atoms with Crippen molar-refractivity contribution in [3.8, 4) is 0 Å². The highest BCUT2D eigenvalue weighted by atomic mass is 32.1. The van der Waals surface area contributed by atoms with Crippen LogP contribution in [-0.2, 0) is 4.79 Å². The molecular weight excluding hydrogens is 362 g/mol. The summed E-state index contributed by atoms with van der Waals surface area (Å²) in [6.45, 7) is 4.61. The standard InChI is InChI=1S/C19H23N5O2S/c1-13-14(2)27-19-22-18(23-24(13)19)21-16(25)11-7-4-8-12-20-17(26)15-9-5-3-6-10-15/h3,5-6,9-10H,4,7-8,11-12H2,1-2H3,(H,20,26)(H,21,23,25). The molecule has 7 nitrogen and oxygen atoms in total. The maximum absolute atomic E-state index is 12.0. The molecule has 3 aromatic rings. The minimum Gasteiger partial charge on any atom is -0.352 e. The van der Waals surface area contributed by atoms with Crippen LogP contribution in [0.5, 0.6) is 0 Å². The number of amides is 2. The number of aromatic nitrogens is 3. The van der Waals surface area contributed by atoms with Gasteiger partial charge in [-0.25, -0.2) is 4.52 Å². The number of anilines is 1. The summed E-state index contributed by atoms with van der Waals surface area (Å²) < 4.78 is 1.75. The van der Waals surface area contributed by atoms with Gasteiger partial charge in [-0.1, -0.05) is 36.0 Å². The van der Waals surface area contributed by atoms with Crippen molar-refractivity contribution in [2.75, 3.05) is 11.9 Å². The van der Waals surface area contributed by atoms with Crippen LogP contribution in [0.3, 0.4) is 0 Å². The molecule has 0 unspecified atom stereocenters. The number of fused-ring (bicyclic) bond motifs is 1. The van der Waals surface area contributed by atoms with Gasteiger partial charge in [0.25, 0.3) is 5.91 Å². The molecule has 2 N–H and O–H groups in total. The number of thiazole rings is 1. The number of carbonyl (C=O) groups excluding carboxylic acids is 2. The van der Waals surface area contributed by atoms with E-state index in [-0.39, 0.29) is 11.8 Å². The molecule has 1 aromatic carbocycles. The summed E-state index contributed by atoms with van der Waals surface area (Å²) >= 11 is 1.56. The van der Waals surface area contributed by atoms with Crippen molar-refractivity contribution in [1.82, 2.24) is 19.9 Å². The number of rotatable bonds is 8. The van der Waals surface area contributed by atoms with Crippen molar-refractivity contribution >= 4 is 34.1 Å². The van der Waals surface area contributed by atoms with E-state index < -0.39 is 0 Å². The van der Waals surface area contributed by atoms with Crippen molar-refractivity contribution in [2.24, 2.45) is 0 Å². The van der Waals surface area contributed by atoms with Crippen molar-refractivity contribution in [1.29, 1.82) is 0 Å². The highest BCUT2D eigenvalue weighted by Gasteiger charge is 2.12. The van der Waals surface area contributed by atoms with Crippen LogP contribution in [0.4, 0.5) is 5.95 Å². The normalized spacial score (nSPS) is 10.9. The molecule has 0 atom stereocenters. The van der Waals surface area contributed by atoms with E-state index in [1.165, 1.54) is 4.88 Å². The molecule has 0 spiro atoms. The molecular formula is C19H23N5O2S. The second kappa shape index (κ2) is 8.77. The zero-order valence-electron chi connectivity index (χ0n) is 15.5. The molecule has 0 aliphatic rings. The largest absolute Gasteiger partial charge is 0.352 e. The quantitative estimate of drug-likeness (QED) is 0.582. The molecule has 8 heteroatoms. The molecule has 3 rings (SSSR count). The van der Waals surface area contributed by atoms with Gasteiger partial charge >= 0.3 is 0 Å². The van der Waals surface area contributed by atoms with Crippen LogP contribution >= 0.6 is 11.3 Å². The molecule has 0 aliphatic heterocycles. The summed E-state index contributed by atoms with van der Waals surface area (Å²) in [5, 5.41) is 9.95. The average Bonchev–Trinajstić information content (AvgIpc) is 3.17. The second-order valence-electron chi connectivity index (χ2n) is 6.35. The van der Waals surface area contributed by atoms with Gasteiger partial charge in [-0.15, -0.1) is 5.10 Å². The van der Waals surface area contributed by atoms with Crippen LogP contribution in [0.15, 0.2) is 30.3 Å². The highest BCUT2D eigenvalue weighted by molar-refractivity contribution is 7.17.